The third kappa shape index (κ3) is 2.44. The van der Waals surface area contributed by atoms with Crippen molar-refractivity contribution >= 4 is 11.6 Å². The number of carbonyl (C=O) groups excluding carboxylic acids is 2. The zero-order valence-corrected chi connectivity index (χ0v) is 12.0. The van der Waals surface area contributed by atoms with Crippen molar-refractivity contribution in [2.24, 2.45) is 0 Å². The zero-order valence-electron chi connectivity index (χ0n) is 12.0. The predicted molar refractivity (Wildman–Crippen MR) is 74.8 cm³/mol. The summed E-state index contributed by atoms with van der Waals surface area (Å²) in [6, 6.07) is 6.40. The summed E-state index contributed by atoms with van der Waals surface area (Å²) in [5.41, 5.74) is -0.774. The molecule has 1 aromatic rings. The van der Waals surface area contributed by atoms with Crippen LogP contribution < -0.4 is 0 Å². The van der Waals surface area contributed by atoms with Crippen LogP contribution in [0.2, 0.25) is 0 Å². The summed E-state index contributed by atoms with van der Waals surface area (Å²) >= 11 is 0. The molecular weight excluding hydrogens is 274 g/mol. The molecule has 0 radical (unpaired) electrons. The number of methoxy groups -OCH3 is 1. The number of allylic oxidation sites excluding steroid dienone is 1. The summed E-state index contributed by atoms with van der Waals surface area (Å²) in [6.45, 7) is 2.82. The van der Waals surface area contributed by atoms with Crippen LogP contribution in [0.5, 0.6) is 0 Å². The van der Waals surface area contributed by atoms with E-state index in [0.29, 0.717) is 0 Å². The molecule has 110 valence electrons. The number of hydrogen-bond acceptors (Lipinski definition) is 5. The number of hydrogen-bond donors (Lipinski definition) is 0. The molecule has 0 amide bonds. The second kappa shape index (κ2) is 5.12. The largest absolute Gasteiger partial charge is 0.492 e. The van der Waals surface area contributed by atoms with Gasteiger partial charge in [0.15, 0.2) is 11.5 Å². The Bertz CT molecular complexity index is 672. The van der Waals surface area contributed by atoms with Crippen LogP contribution in [-0.2, 0) is 4.74 Å². The molecule has 6 heteroatoms. The Balaban J connectivity index is 2.55. The van der Waals surface area contributed by atoms with Gasteiger partial charge in [-0.15, -0.1) is 0 Å². The Hall–Kier alpha value is -2.50. The molecule has 0 atom stereocenters. The first kappa shape index (κ1) is 14.9. The van der Waals surface area contributed by atoms with Crippen LogP contribution in [0.3, 0.4) is 0 Å². The van der Waals surface area contributed by atoms with E-state index < -0.39 is 22.0 Å². The van der Waals surface area contributed by atoms with Gasteiger partial charge in [0.1, 0.15) is 0 Å². The molecule has 1 aliphatic carbocycles. The highest BCUT2D eigenvalue weighted by atomic mass is 16.6. The van der Waals surface area contributed by atoms with E-state index in [4.69, 9.17) is 4.74 Å². The summed E-state index contributed by atoms with van der Waals surface area (Å²) in [4.78, 5) is 35.5. The SMILES string of the molecule is COC1=C(CC(C)(C)[N+](=O)[O-])C(=O)c2ccccc2C1=O. The normalized spacial score (nSPS) is 15.0. The lowest BCUT2D eigenvalue weighted by Crippen LogP contribution is -2.35. The van der Waals surface area contributed by atoms with E-state index in [0.717, 1.165) is 0 Å². The van der Waals surface area contributed by atoms with Crippen LogP contribution in [0.15, 0.2) is 35.6 Å². The first-order valence-corrected chi connectivity index (χ1v) is 6.39. The van der Waals surface area contributed by atoms with Crippen molar-refractivity contribution < 1.29 is 19.2 Å². The number of benzene rings is 1. The highest BCUT2D eigenvalue weighted by molar-refractivity contribution is 6.26. The standard InChI is InChI=1S/C15H15NO5/c1-15(2,16(19)20)8-11-12(17)9-6-4-5-7-10(9)13(18)14(11)21-3/h4-7H,8H2,1-3H3. The molecule has 0 bridgehead atoms. The third-order valence-corrected chi connectivity index (χ3v) is 3.48. The van der Waals surface area contributed by atoms with Crippen molar-refractivity contribution in [3.05, 3.63) is 56.8 Å². The van der Waals surface area contributed by atoms with Gasteiger partial charge in [0, 0.05) is 29.9 Å². The highest BCUT2D eigenvalue weighted by Crippen LogP contribution is 2.32. The quantitative estimate of drug-likeness (QED) is 0.627. The Morgan fingerprint density at radius 2 is 1.67 bits per heavy atom. The summed E-state index contributed by atoms with van der Waals surface area (Å²) in [5, 5.41) is 11.1. The van der Waals surface area contributed by atoms with E-state index in [2.05, 4.69) is 0 Å². The first-order chi connectivity index (χ1) is 9.79. The molecule has 0 spiro atoms. The van der Waals surface area contributed by atoms with Gasteiger partial charge in [0.25, 0.3) is 0 Å². The molecule has 0 aliphatic heterocycles. The number of Topliss-reactive ketones (excluding diaryl/α,β-unsaturated/α-hetero) is 2. The number of fused-ring (bicyclic) bond motifs is 1. The Kier molecular flexibility index (Phi) is 3.63. The lowest BCUT2D eigenvalue weighted by molar-refractivity contribution is -0.559. The average Bonchev–Trinajstić information content (AvgIpc) is 2.44. The van der Waals surface area contributed by atoms with Crippen molar-refractivity contribution in [2.75, 3.05) is 7.11 Å². The van der Waals surface area contributed by atoms with Crippen molar-refractivity contribution in [1.82, 2.24) is 0 Å². The van der Waals surface area contributed by atoms with E-state index in [1.54, 1.807) is 24.3 Å². The van der Waals surface area contributed by atoms with Gasteiger partial charge in [-0.2, -0.15) is 0 Å². The molecule has 2 rings (SSSR count). The van der Waals surface area contributed by atoms with E-state index in [1.807, 2.05) is 0 Å². The monoisotopic (exact) mass is 289 g/mol. The zero-order chi connectivity index (χ0) is 15.8. The van der Waals surface area contributed by atoms with E-state index in [1.165, 1.54) is 21.0 Å². The maximum atomic E-state index is 12.5. The van der Waals surface area contributed by atoms with Gasteiger partial charge in [-0.25, -0.2) is 0 Å². The molecule has 6 nitrogen and oxygen atoms in total. The summed E-state index contributed by atoms with van der Waals surface area (Å²) in [7, 11) is 1.29. The van der Waals surface area contributed by atoms with Crippen LogP contribution >= 0.6 is 0 Å². The molecule has 21 heavy (non-hydrogen) atoms. The van der Waals surface area contributed by atoms with Crippen molar-refractivity contribution in [2.45, 2.75) is 25.8 Å². The molecule has 0 heterocycles. The van der Waals surface area contributed by atoms with Crippen molar-refractivity contribution in [3.8, 4) is 0 Å². The summed E-state index contributed by atoms with van der Waals surface area (Å²) in [5.74, 6) is -0.910. The fourth-order valence-electron chi connectivity index (χ4n) is 2.28. The van der Waals surface area contributed by atoms with Crippen molar-refractivity contribution in [1.29, 1.82) is 0 Å². The van der Waals surface area contributed by atoms with Crippen molar-refractivity contribution in [3.63, 3.8) is 0 Å². The second-order valence-electron chi connectivity index (χ2n) is 5.46. The van der Waals surface area contributed by atoms with E-state index in [-0.39, 0.29) is 28.9 Å². The molecule has 0 saturated heterocycles. The predicted octanol–water partition coefficient (Wildman–Crippen LogP) is 2.41. The fraction of sp³-hybridized carbons (Fsp3) is 0.333. The molecule has 1 aliphatic rings. The fourth-order valence-corrected chi connectivity index (χ4v) is 2.28. The van der Waals surface area contributed by atoms with Crippen LogP contribution in [0.25, 0.3) is 0 Å². The lowest BCUT2D eigenvalue weighted by Gasteiger charge is -2.23. The molecule has 0 unspecified atom stereocenters. The minimum Gasteiger partial charge on any atom is -0.492 e. The van der Waals surface area contributed by atoms with Crippen LogP contribution in [-0.4, -0.2) is 29.1 Å². The van der Waals surface area contributed by atoms with Crippen LogP contribution in [0.4, 0.5) is 0 Å². The lowest BCUT2D eigenvalue weighted by atomic mass is 9.82. The van der Waals surface area contributed by atoms with Gasteiger partial charge < -0.3 is 4.74 Å². The average molecular weight is 289 g/mol. The maximum Gasteiger partial charge on any atom is 0.228 e. The summed E-state index contributed by atoms with van der Waals surface area (Å²) < 4.78 is 5.06. The number of rotatable bonds is 4. The Labute approximate surface area is 121 Å². The van der Waals surface area contributed by atoms with Gasteiger partial charge in [0.05, 0.1) is 19.1 Å². The highest BCUT2D eigenvalue weighted by Gasteiger charge is 2.40. The van der Waals surface area contributed by atoms with Crippen LogP contribution in [0, 0.1) is 10.1 Å². The molecule has 1 aromatic carbocycles. The van der Waals surface area contributed by atoms with Crippen LogP contribution in [0.1, 0.15) is 41.0 Å². The topological polar surface area (TPSA) is 86.5 Å². The van der Waals surface area contributed by atoms with Gasteiger partial charge in [0.2, 0.25) is 11.3 Å². The maximum absolute atomic E-state index is 12.5. The summed E-state index contributed by atoms with van der Waals surface area (Å²) in [6.07, 6.45) is -0.165. The minimum atomic E-state index is -1.36. The number of nitrogens with zero attached hydrogens (tertiary/aromatic N) is 1. The number of ether oxygens (including phenoxy) is 1. The second-order valence-corrected chi connectivity index (χ2v) is 5.46. The third-order valence-electron chi connectivity index (χ3n) is 3.48. The molecule has 0 fully saturated rings. The van der Waals surface area contributed by atoms with Gasteiger partial charge in [-0.05, 0) is 0 Å². The molecule has 0 N–H and O–H groups in total. The van der Waals surface area contributed by atoms with E-state index >= 15 is 0 Å². The molecule has 0 saturated carbocycles. The Morgan fingerprint density at radius 1 is 1.14 bits per heavy atom. The van der Waals surface area contributed by atoms with E-state index in [9.17, 15) is 19.7 Å². The first-order valence-electron chi connectivity index (χ1n) is 6.39. The van der Waals surface area contributed by atoms with Gasteiger partial charge in [-0.3, -0.25) is 19.7 Å². The number of nitro groups is 1. The molecular formula is C15H15NO5. The number of carbonyl (C=O) groups is 2. The minimum absolute atomic E-state index is 0.0582. The van der Waals surface area contributed by atoms with Gasteiger partial charge >= 0.3 is 0 Å². The Morgan fingerprint density at radius 3 is 2.14 bits per heavy atom. The van der Waals surface area contributed by atoms with Gasteiger partial charge in [-0.1, -0.05) is 24.3 Å². The number of ketones is 2. The smallest absolute Gasteiger partial charge is 0.228 e. The molecule has 0 aromatic heterocycles.